The molecule has 2 aliphatic heterocycles. The van der Waals surface area contributed by atoms with Crippen LogP contribution in [-0.2, 0) is 16.7 Å². The Hall–Kier alpha value is -2.31. The number of amides is 2. The van der Waals surface area contributed by atoms with Crippen molar-refractivity contribution in [3.8, 4) is 0 Å². The maximum absolute atomic E-state index is 12.6. The first kappa shape index (κ1) is 16.5. The molecule has 0 saturated carbocycles. The van der Waals surface area contributed by atoms with E-state index in [2.05, 4.69) is 5.16 Å². The van der Waals surface area contributed by atoms with Crippen LogP contribution in [0.3, 0.4) is 0 Å². The highest BCUT2D eigenvalue weighted by Crippen LogP contribution is 2.34. The summed E-state index contributed by atoms with van der Waals surface area (Å²) in [6.07, 6.45) is 3.00. The topological polar surface area (TPSA) is 67.1 Å². The Morgan fingerprint density at radius 3 is 2.79 bits per heavy atom. The van der Waals surface area contributed by atoms with E-state index in [1.165, 1.54) is 0 Å². The fourth-order valence-electron chi connectivity index (χ4n) is 3.16. The highest BCUT2D eigenvalue weighted by Gasteiger charge is 2.48. The summed E-state index contributed by atoms with van der Waals surface area (Å²) in [5.74, 6) is -0.115. The highest BCUT2D eigenvalue weighted by molar-refractivity contribution is 6.39. The molecule has 2 amide bonds. The zero-order valence-corrected chi connectivity index (χ0v) is 14.7. The van der Waals surface area contributed by atoms with Crippen molar-refractivity contribution in [3.05, 3.63) is 24.0 Å². The Kier molecular flexibility index (Phi) is 4.11. The molecule has 1 spiro atoms. The molecule has 24 heavy (non-hydrogen) atoms. The molecule has 0 N–H and O–H groups in total. The lowest BCUT2D eigenvalue weighted by Gasteiger charge is -2.23. The maximum Gasteiger partial charge on any atom is 0.271 e. The van der Waals surface area contributed by atoms with Gasteiger partial charge in [-0.3, -0.25) is 9.59 Å². The third-order valence-corrected chi connectivity index (χ3v) is 4.95. The summed E-state index contributed by atoms with van der Waals surface area (Å²) in [6, 6.07) is 3.77. The number of hydrogen-bond acceptors (Lipinski definition) is 4. The second kappa shape index (κ2) is 5.96. The van der Waals surface area contributed by atoms with E-state index in [1.54, 1.807) is 16.8 Å². The molecule has 2 aliphatic rings. The van der Waals surface area contributed by atoms with Crippen LogP contribution in [0.1, 0.15) is 37.2 Å². The monoisotopic (exact) mass is 332 g/mol. The van der Waals surface area contributed by atoms with Crippen molar-refractivity contribution in [3.63, 3.8) is 0 Å². The van der Waals surface area contributed by atoms with E-state index in [9.17, 15) is 9.59 Å². The van der Waals surface area contributed by atoms with Gasteiger partial charge in [0.05, 0.1) is 6.54 Å². The lowest BCUT2D eigenvalue weighted by molar-refractivity contribution is -0.124. The summed E-state index contributed by atoms with van der Waals surface area (Å²) in [7, 11) is 3.62. The number of nitrogens with zero attached hydrogens (tertiary/aromatic N) is 4. The van der Waals surface area contributed by atoms with Gasteiger partial charge < -0.3 is 19.2 Å². The predicted molar refractivity (Wildman–Crippen MR) is 89.7 cm³/mol. The largest absolute Gasteiger partial charge is 0.386 e. The van der Waals surface area contributed by atoms with Crippen LogP contribution in [0, 0.1) is 0 Å². The van der Waals surface area contributed by atoms with Crippen LogP contribution in [-0.4, -0.2) is 63.7 Å². The lowest BCUT2D eigenvalue weighted by Crippen LogP contribution is -2.41. The Bertz CT molecular complexity index is 694. The van der Waals surface area contributed by atoms with Crippen LogP contribution in [0.5, 0.6) is 0 Å². The van der Waals surface area contributed by atoms with Gasteiger partial charge in [-0.05, 0) is 26.0 Å². The Morgan fingerprint density at radius 1 is 1.42 bits per heavy atom. The standard InChI is InChI=1S/C17H24N4O3/c1-12(2)20(4)15(22)13-10-17(24-18-13)7-9-21(11-17)16(23)14-6-5-8-19(14)3/h5-6,8,12H,7,9-11H2,1-4H3. The minimum absolute atomic E-state index is 0.0120. The molecule has 3 heterocycles. The first-order valence-corrected chi connectivity index (χ1v) is 8.26. The molecule has 3 rings (SSSR count). The van der Waals surface area contributed by atoms with E-state index < -0.39 is 5.60 Å². The second-order valence-corrected chi connectivity index (χ2v) is 6.98. The quantitative estimate of drug-likeness (QED) is 0.837. The molecule has 1 atom stereocenters. The lowest BCUT2D eigenvalue weighted by atomic mass is 9.96. The highest BCUT2D eigenvalue weighted by atomic mass is 16.7. The van der Waals surface area contributed by atoms with Crippen molar-refractivity contribution in [1.29, 1.82) is 0 Å². The van der Waals surface area contributed by atoms with Crippen LogP contribution in [0.4, 0.5) is 0 Å². The molecule has 0 aromatic carbocycles. The zero-order chi connectivity index (χ0) is 17.5. The fourth-order valence-corrected chi connectivity index (χ4v) is 3.16. The number of carbonyl (C=O) groups is 2. The van der Waals surface area contributed by atoms with E-state index in [-0.39, 0.29) is 17.9 Å². The van der Waals surface area contributed by atoms with Crippen LogP contribution >= 0.6 is 0 Å². The van der Waals surface area contributed by atoms with Gasteiger partial charge in [-0.25, -0.2) is 0 Å². The third-order valence-electron chi connectivity index (χ3n) is 4.95. The molecule has 0 radical (unpaired) electrons. The SMILES string of the molecule is CC(C)N(C)C(=O)C1=NOC2(CCN(C(=O)c3cccn3C)C2)C1. The molecule has 0 bridgehead atoms. The van der Waals surface area contributed by atoms with Gasteiger partial charge in [0.15, 0.2) is 5.60 Å². The van der Waals surface area contributed by atoms with Crippen molar-refractivity contribution in [2.45, 2.75) is 38.3 Å². The van der Waals surface area contributed by atoms with Crippen molar-refractivity contribution >= 4 is 17.5 Å². The molecular weight excluding hydrogens is 308 g/mol. The summed E-state index contributed by atoms with van der Waals surface area (Å²) >= 11 is 0. The van der Waals surface area contributed by atoms with Crippen molar-refractivity contribution in [1.82, 2.24) is 14.4 Å². The normalized spacial score (nSPS) is 22.9. The number of likely N-dealkylation sites (tertiary alicyclic amines) is 1. The number of oxime groups is 1. The van der Waals surface area contributed by atoms with Gasteiger partial charge in [0.2, 0.25) is 0 Å². The molecule has 1 fully saturated rings. The summed E-state index contributed by atoms with van der Waals surface area (Å²) < 4.78 is 1.81. The summed E-state index contributed by atoms with van der Waals surface area (Å²) in [5, 5.41) is 4.03. The summed E-state index contributed by atoms with van der Waals surface area (Å²) in [6.45, 7) is 4.99. The van der Waals surface area contributed by atoms with Crippen LogP contribution in [0.25, 0.3) is 0 Å². The minimum Gasteiger partial charge on any atom is -0.386 e. The molecule has 1 unspecified atom stereocenters. The molecular formula is C17H24N4O3. The Labute approximate surface area is 141 Å². The molecule has 7 nitrogen and oxygen atoms in total. The van der Waals surface area contributed by atoms with E-state index in [0.717, 1.165) is 0 Å². The Morgan fingerprint density at radius 2 is 2.17 bits per heavy atom. The number of aromatic nitrogens is 1. The summed E-state index contributed by atoms with van der Waals surface area (Å²) in [4.78, 5) is 34.1. The van der Waals surface area contributed by atoms with Gasteiger partial charge in [-0.15, -0.1) is 0 Å². The zero-order valence-electron chi connectivity index (χ0n) is 14.7. The average Bonchev–Trinajstić information content (AvgIpc) is 3.26. The number of aryl methyl sites for hydroxylation is 1. The first-order valence-electron chi connectivity index (χ1n) is 8.26. The second-order valence-electron chi connectivity index (χ2n) is 6.98. The first-order chi connectivity index (χ1) is 11.3. The predicted octanol–water partition coefficient (Wildman–Crippen LogP) is 1.25. The Balaban J connectivity index is 1.65. The van der Waals surface area contributed by atoms with Crippen molar-refractivity contribution in [2.75, 3.05) is 20.1 Å². The average molecular weight is 332 g/mol. The van der Waals surface area contributed by atoms with Crippen LogP contribution < -0.4 is 0 Å². The van der Waals surface area contributed by atoms with Crippen molar-refractivity contribution in [2.24, 2.45) is 12.2 Å². The number of hydrogen-bond donors (Lipinski definition) is 0. The molecule has 1 aromatic heterocycles. The van der Waals surface area contributed by atoms with Gasteiger partial charge in [0.1, 0.15) is 11.4 Å². The van der Waals surface area contributed by atoms with Gasteiger partial charge in [0.25, 0.3) is 11.8 Å². The van der Waals surface area contributed by atoms with E-state index in [4.69, 9.17) is 4.84 Å². The van der Waals surface area contributed by atoms with Crippen LogP contribution in [0.2, 0.25) is 0 Å². The molecule has 130 valence electrons. The number of carbonyl (C=O) groups excluding carboxylic acids is 2. The summed E-state index contributed by atoms with van der Waals surface area (Å²) in [5.41, 5.74) is 0.546. The van der Waals surface area contributed by atoms with Gasteiger partial charge in [-0.1, -0.05) is 5.16 Å². The van der Waals surface area contributed by atoms with E-state index in [0.29, 0.717) is 37.3 Å². The van der Waals surface area contributed by atoms with Gasteiger partial charge >= 0.3 is 0 Å². The molecule has 7 heteroatoms. The third kappa shape index (κ3) is 2.79. The van der Waals surface area contributed by atoms with Crippen molar-refractivity contribution < 1.29 is 14.4 Å². The smallest absolute Gasteiger partial charge is 0.271 e. The fraction of sp³-hybridized carbons (Fsp3) is 0.588. The molecule has 1 aromatic rings. The molecule has 1 saturated heterocycles. The van der Waals surface area contributed by atoms with Gasteiger partial charge in [0, 0.05) is 45.7 Å². The van der Waals surface area contributed by atoms with E-state index in [1.807, 2.05) is 43.8 Å². The molecule has 0 aliphatic carbocycles. The maximum atomic E-state index is 12.6. The van der Waals surface area contributed by atoms with Gasteiger partial charge in [-0.2, -0.15) is 0 Å². The van der Waals surface area contributed by atoms with Crippen LogP contribution in [0.15, 0.2) is 23.5 Å². The van der Waals surface area contributed by atoms with E-state index >= 15 is 0 Å². The minimum atomic E-state index is -0.552. The number of rotatable bonds is 3.